The number of para-hydroxylation sites is 1. The van der Waals surface area contributed by atoms with Crippen LogP contribution in [0.1, 0.15) is 19.8 Å². The molecule has 24 heavy (non-hydrogen) atoms. The van der Waals surface area contributed by atoms with Gasteiger partial charge in [0, 0.05) is 17.6 Å². The van der Waals surface area contributed by atoms with E-state index in [4.69, 9.17) is 9.15 Å². The Morgan fingerprint density at radius 1 is 1.21 bits per heavy atom. The molecule has 124 valence electrons. The van der Waals surface area contributed by atoms with E-state index in [1.165, 1.54) is 0 Å². The normalized spacial score (nSPS) is 10.9. The predicted molar refractivity (Wildman–Crippen MR) is 93.8 cm³/mol. The molecule has 0 aliphatic heterocycles. The van der Waals surface area contributed by atoms with Crippen molar-refractivity contribution in [2.75, 3.05) is 12.4 Å². The van der Waals surface area contributed by atoms with Gasteiger partial charge in [-0.3, -0.25) is 4.79 Å². The average molecular weight is 342 g/mol. The number of fused-ring (bicyclic) bond motifs is 1. The van der Waals surface area contributed by atoms with Crippen molar-refractivity contribution in [2.45, 2.75) is 24.8 Å². The molecular formula is C18H18N2O3S. The van der Waals surface area contributed by atoms with Crippen molar-refractivity contribution in [1.29, 1.82) is 0 Å². The number of ether oxygens (including phenoxy) is 1. The Morgan fingerprint density at radius 2 is 2.08 bits per heavy atom. The van der Waals surface area contributed by atoms with Gasteiger partial charge >= 0.3 is 5.97 Å². The van der Waals surface area contributed by atoms with E-state index in [0.717, 1.165) is 28.1 Å². The van der Waals surface area contributed by atoms with Gasteiger partial charge in [-0.1, -0.05) is 18.2 Å². The molecule has 0 saturated carbocycles. The van der Waals surface area contributed by atoms with Crippen LogP contribution in [0.15, 0.2) is 52.1 Å². The number of esters is 1. The van der Waals surface area contributed by atoms with E-state index < -0.39 is 0 Å². The molecule has 0 unspecified atom stereocenters. The Bertz CT molecular complexity index is 818. The molecule has 5 nitrogen and oxygen atoms in total. The Kier molecular flexibility index (Phi) is 5.48. The van der Waals surface area contributed by atoms with Gasteiger partial charge in [0.15, 0.2) is 11.6 Å². The summed E-state index contributed by atoms with van der Waals surface area (Å²) in [6.45, 7) is 2.24. The van der Waals surface area contributed by atoms with Gasteiger partial charge in [-0.15, -0.1) is 11.8 Å². The Balaban J connectivity index is 1.77. The van der Waals surface area contributed by atoms with Crippen molar-refractivity contribution < 1.29 is 13.9 Å². The highest BCUT2D eigenvalue weighted by atomic mass is 32.2. The zero-order chi connectivity index (χ0) is 16.8. The zero-order valence-corrected chi connectivity index (χ0v) is 14.2. The van der Waals surface area contributed by atoms with Crippen molar-refractivity contribution in [2.24, 2.45) is 0 Å². The van der Waals surface area contributed by atoms with Crippen LogP contribution in [-0.4, -0.2) is 28.3 Å². The molecule has 0 radical (unpaired) electrons. The predicted octanol–water partition coefficient (Wildman–Crippen LogP) is 4.33. The van der Waals surface area contributed by atoms with Crippen LogP contribution in [0, 0.1) is 0 Å². The number of aromatic nitrogens is 2. The van der Waals surface area contributed by atoms with E-state index in [2.05, 4.69) is 9.97 Å². The van der Waals surface area contributed by atoms with E-state index in [0.29, 0.717) is 24.6 Å². The van der Waals surface area contributed by atoms with Gasteiger partial charge in [-0.2, -0.15) is 0 Å². The minimum Gasteiger partial charge on any atom is -0.466 e. The third-order valence-electron chi connectivity index (χ3n) is 3.38. The van der Waals surface area contributed by atoms with Crippen molar-refractivity contribution in [3.8, 4) is 11.6 Å². The van der Waals surface area contributed by atoms with E-state index in [1.807, 2.05) is 43.3 Å². The summed E-state index contributed by atoms with van der Waals surface area (Å²) in [4.78, 5) is 20.6. The molecule has 0 N–H and O–H groups in total. The maximum Gasteiger partial charge on any atom is 0.305 e. The summed E-state index contributed by atoms with van der Waals surface area (Å²) < 4.78 is 10.4. The van der Waals surface area contributed by atoms with Crippen LogP contribution >= 0.6 is 11.8 Å². The number of carbonyl (C=O) groups is 1. The molecule has 3 aromatic rings. The van der Waals surface area contributed by atoms with E-state index in [-0.39, 0.29) is 5.97 Å². The molecule has 0 aliphatic rings. The second-order valence-electron chi connectivity index (χ2n) is 5.10. The number of nitrogens with zero attached hydrogens (tertiary/aromatic N) is 2. The average Bonchev–Trinajstić information content (AvgIpc) is 3.13. The number of hydrogen-bond acceptors (Lipinski definition) is 6. The third-order valence-corrected chi connectivity index (χ3v) is 4.46. The molecule has 2 aromatic heterocycles. The summed E-state index contributed by atoms with van der Waals surface area (Å²) in [5.74, 6) is 1.86. The van der Waals surface area contributed by atoms with Crippen molar-refractivity contribution in [1.82, 2.24) is 9.97 Å². The van der Waals surface area contributed by atoms with Gasteiger partial charge in [-0.25, -0.2) is 9.97 Å². The largest absolute Gasteiger partial charge is 0.466 e. The lowest BCUT2D eigenvalue weighted by Gasteiger charge is -2.07. The minimum absolute atomic E-state index is 0.151. The standard InChI is InChI=1S/C18H18N2O3S/c1-2-22-16(21)10-6-12-24-18-13-7-3-4-8-14(13)19-17(20-18)15-9-5-11-23-15/h3-5,7-9,11H,2,6,10,12H2,1H3. The monoisotopic (exact) mass is 342 g/mol. The number of hydrogen-bond donors (Lipinski definition) is 0. The number of benzene rings is 1. The molecule has 0 atom stereocenters. The summed E-state index contributed by atoms with van der Waals surface area (Å²) >= 11 is 1.62. The van der Waals surface area contributed by atoms with Gasteiger partial charge in [-0.05, 0) is 31.5 Å². The molecular weight excluding hydrogens is 324 g/mol. The van der Waals surface area contributed by atoms with Gasteiger partial charge in [0.05, 0.1) is 18.4 Å². The molecule has 0 amide bonds. The molecule has 2 heterocycles. The van der Waals surface area contributed by atoms with Gasteiger partial charge in [0.1, 0.15) is 5.03 Å². The first-order valence-electron chi connectivity index (χ1n) is 7.87. The lowest BCUT2D eigenvalue weighted by Crippen LogP contribution is -2.03. The van der Waals surface area contributed by atoms with E-state index >= 15 is 0 Å². The van der Waals surface area contributed by atoms with Crippen LogP contribution in [0.5, 0.6) is 0 Å². The minimum atomic E-state index is -0.151. The Hall–Kier alpha value is -2.34. The molecule has 0 aliphatic carbocycles. The summed E-state index contributed by atoms with van der Waals surface area (Å²) in [6, 6.07) is 11.6. The van der Waals surface area contributed by atoms with E-state index in [9.17, 15) is 4.79 Å². The maximum atomic E-state index is 11.4. The van der Waals surface area contributed by atoms with Crippen LogP contribution in [0.3, 0.4) is 0 Å². The molecule has 0 saturated heterocycles. The third kappa shape index (κ3) is 3.94. The van der Waals surface area contributed by atoms with Gasteiger partial charge in [0.2, 0.25) is 0 Å². The highest BCUT2D eigenvalue weighted by Gasteiger charge is 2.11. The SMILES string of the molecule is CCOC(=O)CCCSc1nc(-c2ccco2)nc2ccccc12. The highest BCUT2D eigenvalue weighted by Crippen LogP contribution is 2.29. The Morgan fingerprint density at radius 3 is 2.88 bits per heavy atom. The molecule has 0 bridgehead atoms. The molecule has 0 spiro atoms. The second kappa shape index (κ2) is 7.97. The fourth-order valence-corrected chi connectivity index (χ4v) is 3.25. The first-order chi connectivity index (χ1) is 11.8. The lowest BCUT2D eigenvalue weighted by atomic mass is 10.2. The molecule has 0 fully saturated rings. The van der Waals surface area contributed by atoms with Crippen LogP contribution in [0.25, 0.3) is 22.5 Å². The fourth-order valence-electron chi connectivity index (χ4n) is 2.29. The first-order valence-corrected chi connectivity index (χ1v) is 8.85. The molecule has 1 aromatic carbocycles. The summed E-state index contributed by atoms with van der Waals surface area (Å²) in [6.07, 6.45) is 2.78. The summed E-state index contributed by atoms with van der Waals surface area (Å²) in [5.41, 5.74) is 0.881. The van der Waals surface area contributed by atoms with Crippen LogP contribution in [0.2, 0.25) is 0 Å². The zero-order valence-electron chi connectivity index (χ0n) is 13.4. The van der Waals surface area contributed by atoms with Crippen molar-refractivity contribution in [3.05, 3.63) is 42.7 Å². The van der Waals surface area contributed by atoms with Gasteiger partial charge in [0.25, 0.3) is 0 Å². The van der Waals surface area contributed by atoms with Crippen LogP contribution in [0.4, 0.5) is 0 Å². The lowest BCUT2D eigenvalue weighted by molar-refractivity contribution is -0.143. The maximum absolute atomic E-state index is 11.4. The van der Waals surface area contributed by atoms with Crippen molar-refractivity contribution in [3.63, 3.8) is 0 Å². The van der Waals surface area contributed by atoms with Crippen molar-refractivity contribution >= 4 is 28.6 Å². The summed E-state index contributed by atoms with van der Waals surface area (Å²) in [7, 11) is 0. The quantitative estimate of drug-likeness (QED) is 0.276. The summed E-state index contributed by atoms with van der Waals surface area (Å²) in [5, 5.41) is 1.91. The van der Waals surface area contributed by atoms with E-state index in [1.54, 1.807) is 18.0 Å². The second-order valence-corrected chi connectivity index (χ2v) is 6.19. The molecule has 3 rings (SSSR count). The fraction of sp³-hybridized carbons (Fsp3) is 0.278. The smallest absolute Gasteiger partial charge is 0.305 e. The van der Waals surface area contributed by atoms with Crippen LogP contribution < -0.4 is 0 Å². The number of thioether (sulfide) groups is 1. The molecule has 6 heteroatoms. The Labute approximate surface area is 144 Å². The topological polar surface area (TPSA) is 65.2 Å². The highest BCUT2D eigenvalue weighted by molar-refractivity contribution is 7.99. The number of rotatable bonds is 7. The number of furan rings is 1. The number of carbonyl (C=O) groups excluding carboxylic acids is 1. The van der Waals surface area contributed by atoms with Gasteiger partial charge < -0.3 is 9.15 Å². The van der Waals surface area contributed by atoms with Crippen LogP contribution in [-0.2, 0) is 9.53 Å². The first kappa shape index (κ1) is 16.5.